The Balaban J connectivity index is 1.71. The van der Waals surface area contributed by atoms with Crippen molar-refractivity contribution in [3.05, 3.63) is 35.9 Å². The summed E-state index contributed by atoms with van der Waals surface area (Å²) >= 11 is 0. The fraction of sp³-hybridized carbons (Fsp3) is 0.312. The first-order valence-corrected chi connectivity index (χ1v) is 7.61. The Labute approximate surface area is 138 Å². The molecule has 1 aliphatic rings. The molecule has 1 amide bonds. The average molecular weight is 331 g/mol. The van der Waals surface area contributed by atoms with Gasteiger partial charge in [0, 0.05) is 25.2 Å². The lowest BCUT2D eigenvalue weighted by Gasteiger charge is -2.26. The van der Waals surface area contributed by atoms with Crippen molar-refractivity contribution in [2.45, 2.75) is 6.42 Å². The van der Waals surface area contributed by atoms with Crippen molar-refractivity contribution in [2.75, 3.05) is 31.6 Å². The van der Waals surface area contributed by atoms with Gasteiger partial charge < -0.3 is 24.6 Å². The van der Waals surface area contributed by atoms with Crippen molar-refractivity contribution < 1.29 is 24.0 Å². The highest BCUT2D eigenvalue weighted by Crippen LogP contribution is 2.29. The van der Waals surface area contributed by atoms with Crippen molar-refractivity contribution in [1.82, 2.24) is 10.1 Å². The number of anilines is 1. The monoisotopic (exact) mass is 331 g/mol. The van der Waals surface area contributed by atoms with Gasteiger partial charge in [-0.3, -0.25) is 0 Å². The first-order chi connectivity index (χ1) is 11.7. The standard InChI is InChI=1S/C16H17N3O5/c20-15(21)12-13(11-5-2-1-3-6-11)24-18-14(12)17-7-9-19-8-4-10-23-16(19)22/h1-3,5-6H,4,7-10H2,(H,17,18)(H,20,21). The molecule has 1 aromatic heterocycles. The van der Waals surface area contributed by atoms with Gasteiger partial charge in [-0.2, -0.15) is 0 Å². The highest BCUT2D eigenvalue weighted by molar-refractivity contribution is 5.99. The molecule has 0 aliphatic carbocycles. The minimum atomic E-state index is -1.13. The number of ether oxygens (including phenoxy) is 1. The van der Waals surface area contributed by atoms with Gasteiger partial charge in [0.15, 0.2) is 17.1 Å². The molecule has 24 heavy (non-hydrogen) atoms. The summed E-state index contributed by atoms with van der Waals surface area (Å²) in [6.45, 7) is 1.80. The highest BCUT2D eigenvalue weighted by atomic mass is 16.6. The molecule has 3 rings (SSSR count). The molecule has 1 fully saturated rings. The molecule has 0 atom stereocenters. The number of amides is 1. The number of rotatable bonds is 6. The van der Waals surface area contributed by atoms with E-state index in [1.165, 1.54) is 0 Å². The molecule has 0 bridgehead atoms. The molecular weight excluding hydrogens is 314 g/mol. The number of carboxylic acid groups (broad SMARTS) is 1. The van der Waals surface area contributed by atoms with Crippen LogP contribution in [0, 0.1) is 0 Å². The first-order valence-electron chi connectivity index (χ1n) is 7.61. The third kappa shape index (κ3) is 3.32. The van der Waals surface area contributed by atoms with Gasteiger partial charge in [0.25, 0.3) is 0 Å². The lowest BCUT2D eigenvalue weighted by atomic mass is 10.1. The summed E-state index contributed by atoms with van der Waals surface area (Å²) in [5.41, 5.74) is 0.609. The van der Waals surface area contributed by atoms with Crippen LogP contribution >= 0.6 is 0 Å². The van der Waals surface area contributed by atoms with Crippen molar-refractivity contribution in [2.24, 2.45) is 0 Å². The number of carbonyl (C=O) groups excluding carboxylic acids is 1. The number of carbonyl (C=O) groups is 2. The largest absolute Gasteiger partial charge is 0.477 e. The molecule has 2 heterocycles. The number of carboxylic acids is 1. The van der Waals surface area contributed by atoms with Crippen LogP contribution in [0.3, 0.4) is 0 Å². The quantitative estimate of drug-likeness (QED) is 0.836. The van der Waals surface area contributed by atoms with E-state index < -0.39 is 5.97 Å². The summed E-state index contributed by atoms with van der Waals surface area (Å²) in [6, 6.07) is 8.91. The summed E-state index contributed by atoms with van der Waals surface area (Å²) in [4.78, 5) is 24.7. The van der Waals surface area contributed by atoms with Crippen LogP contribution in [0.1, 0.15) is 16.8 Å². The van der Waals surface area contributed by atoms with Gasteiger partial charge in [-0.1, -0.05) is 35.5 Å². The summed E-state index contributed by atoms with van der Waals surface area (Å²) in [5.74, 6) is -0.787. The van der Waals surface area contributed by atoms with Gasteiger partial charge in [0.2, 0.25) is 0 Å². The van der Waals surface area contributed by atoms with E-state index in [1.54, 1.807) is 29.2 Å². The Morgan fingerprint density at radius 1 is 1.33 bits per heavy atom. The van der Waals surface area contributed by atoms with E-state index in [0.29, 0.717) is 31.8 Å². The van der Waals surface area contributed by atoms with Crippen molar-refractivity contribution in [3.8, 4) is 11.3 Å². The normalized spacial score (nSPS) is 14.3. The molecule has 1 aromatic carbocycles. The number of nitrogens with zero attached hydrogens (tertiary/aromatic N) is 2. The summed E-state index contributed by atoms with van der Waals surface area (Å²) in [7, 11) is 0. The minimum absolute atomic E-state index is 0.0255. The van der Waals surface area contributed by atoms with Gasteiger partial charge >= 0.3 is 12.1 Å². The Bertz CT molecular complexity index is 729. The van der Waals surface area contributed by atoms with Crippen LogP contribution in [0.25, 0.3) is 11.3 Å². The van der Waals surface area contributed by atoms with E-state index in [0.717, 1.165) is 6.42 Å². The summed E-state index contributed by atoms with van der Waals surface area (Å²) in [6.07, 6.45) is 0.431. The maximum absolute atomic E-state index is 11.6. The Morgan fingerprint density at radius 3 is 2.83 bits per heavy atom. The van der Waals surface area contributed by atoms with E-state index in [2.05, 4.69) is 10.5 Å². The number of hydrogen-bond donors (Lipinski definition) is 2. The Morgan fingerprint density at radius 2 is 2.12 bits per heavy atom. The van der Waals surface area contributed by atoms with Gasteiger partial charge in [-0.15, -0.1) is 0 Å². The molecular formula is C16H17N3O5. The molecule has 0 saturated carbocycles. The lowest BCUT2D eigenvalue weighted by molar-refractivity contribution is 0.0695. The molecule has 1 aliphatic heterocycles. The Kier molecular flexibility index (Phi) is 4.64. The maximum atomic E-state index is 11.6. The highest BCUT2D eigenvalue weighted by Gasteiger charge is 2.24. The SMILES string of the molecule is O=C(O)c1c(NCCN2CCCOC2=O)noc1-c1ccccc1. The smallest absolute Gasteiger partial charge is 0.409 e. The molecule has 8 nitrogen and oxygen atoms in total. The predicted octanol–water partition coefficient (Wildman–Crippen LogP) is 2.29. The van der Waals surface area contributed by atoms with Crippen LogP contribution in [0.2, 0.25) is 0 Å². The predicted molar refractivity (Wildman–Crippen MR) is 84.9 cm³/mol. The third-order valence-corrected chi connectivity index (χ3v) is 3.67. The van der Waals surface area contributed by atoms with Crippen LogP contribution < -0.4 is 5.32 Å². The molecule has 0 radical (unpaired) electrons. The second kappa shape index (κ2) is 7.03. The topological polar surface area (TPSA) is 105 Å². The first kappa shape index (κ1) is 15.9. The summed E-state index contributed by atoms with van der Waals surface area (Å²) < 4.78 is 10.2. The maximum Gasteiger partial charge on any atom is 0.409 e. The number of hydrogen-bond acceptors (Lipinski definition) is 6. The van der Waals surface area contributed by atoms with Crippen LogP contribution in [-0.2, 0) is 4.74 Å². The second-order valence-electron chi connectivity index (χ2n) is 5.29. The molecule has 0 unspecified atom stereocenters. The fourth-order valence-electron chi connectivity index (χ4n) is 2.51. The van der Waals surface area contributed by atoms with Crippen LogP contribution in [-0.4, -0.2) is 53.5 Å². The van der Waals surface area contributed by atoms with E-state index >= 15 is 0 Å². The van der Waals surface area contributed by atoms with Gasteiger partial charge in [-0.25, -0.2) is 9.59 Å². The zero-order valence-corrected chi connectivity index (χ0v) is 12.9. The molecule has 126 valence electrons. The van der Waals surface area contributed by atoms with E-state index in [9.17, 15) is 14.7 Å². The molecule has 2 aromatic rings. The number of cyclic esters (lactones) is 1. The van der Waals surface area contributed by atoms with Gasteiger partial charge in [0.1, 0.15) is 0 Å². The molecule has 2 N–H and O–H groups in total. The summed E-state index contributed by atoms with van der Waals surface area (Å²) in [5, 5.41) is 16.2. The minimum Gasteiger partial charge on any atom is -0.477 e. The number of aromatic nitrogens is 1. The molecule has 1 saturated heterocycles. The lowest BCUT2D eigenvalue weighted by Crippen LogP contribution is -2.40. The fourth-order valence-corrected chi connectivity index (χ4v) is 2.51. The van der Waals surface area contributed by atoms with E-state index in [4.69, 9.17) is 9.26 Å². The second-order valence-corrected chi connectivity index (χ2v) is 5.29. The third-order valence-electron chi connectivity index (χ3n) is 3.67. The van der Waals surface area contributed by atoms with E-state index in [-0.39, 0.29) is 23.2 Å². The van der Waals surface area contributed by atoms with Crippen LogP contribution in [0.4, 0.5) is 10.6 Å². The number of benzene rings is 1. The van der Waals surface area contributed by atoms with E-state index in [1.807, 2.05) is 6.07 Å². The van der Waals surface area contributed by atoms with Crippen molar-refractivity contribution in [1.29, 1.82) is 0 Å². The van der Waals surface area contributed by atoms with Crippen LogP contribution in [0.15, 0.2) is 34.9 Å². The average Bonchev–Trinajstić information content (AvgIpc) is 3.01. The van der Waals surface area contributed by atoms with Crippen molar-refractivity contribution >= 4 is 17.9 Å². The van der Waals surface area contributed by atoms with Gasteiger partial charge in [-0.05, 0) is 6.42 Å². The van der Waals surface area contributed by atoms with Crippen molar-refractivity contribution in [3.63, 3.8) is 0 Å². The molecule has 0 spiro atoms. The zero-order valence-electron chi connectivity index (χ0n) is 12.9. The number of aromatic carboxylic acids is 1. The number of nitrogens with one attached hydrogen (secondary N) is 1. The zero-order chi connectivity index (χ0) is 16.9. The van der Waals surface area contributed by atoms with Gasteiger partial charge in [0.05, 0.1) is 6.61 Å². The van der Waals surface area contributed by atoms with Crippen LogP contribution in [0.5, 0.6) is 0 Å². The molecule has 8 heteroatoms. The Hall–Kier alpha value is -3.03.